The molecule has 0 radical (unpaired) electrons. The summed E-state index contributed by atoms with van der Waals surface area (Å²) in [6.45, 7) is 7.67. The van der Waals surface area contributed by atoms with Gasteiger partial charge in [0.15, 0.2) is 0 Å². The second kappa shape index (κ2) is 10.1. The highest BCUT2D eigenvalue weighted by atomic mass is 79.9. The molecule has 0 unspecified atom stereocenters. The van der Waals surface area contributed by atoms with Crippen LogP contribution in [0.5, 0.6) is 0 Å². The molecule has 1 aliphatic heterocycles. The molecule has 2 aromatic carbocycles. The minimum absolute atomic E-state index is 0.0118. The summed E-state index contributed by atoms with van der Waals surface area (Å²) in [6.07, 6.45) is -3.45. The van der Waals surface area contributed by atoms with Gasteiger partial charge in [0.05, 0.1) is 16.8 Å². The Morgan fingerprint density at radius 2 is 1.71 bits per heavy atom. The Balaban J connectivity index is 1.80. The zero-order chi connectivity index (χ0) is 25.1. The van der Waals surface area contributed by atoms with E-state index in [2.05, 4.69) is 21.2 Å². The smallest absolute Gasteiger partial charge is 0.445 e. The molecule has 0 spiro atoms. The number of ether oxygens (including phenoxy) is 1. The maximum absolute atomic E-state index is 13.0. The van der Waals surface area contributed by atoms with Crippen molar-refractivity contribution in [3.63, 3.8) is 0 Å². The maximum atomic E-state index is 13.0. The van der Waals surface area contributed by atoms with E-state index in [0.717, 1.165) is 17.7 Å². The number of alkyl carbamates (subject to hydrolysis) is 1. The number of nitrogens with one attached hydrogen (secondary N) is 1. The molecule has 0 aliphatic carbocycles. The lowest BCUT2D eigenvalue weighted by Gasteiger charge is -2.32. The van der Waals surface area contributed by atoms with Gasteiger partial charge in [-0.3, -0.25) is 0 Å². The predicted molar refractivity (Wildman–Crippen MR) is 128 cm³/mol. The van der Waals surface area contributed by atoms with E-state index in [0.29, 0.717) is 11.0 Å². The third-order valence-electron chi connectivity index (χ3n) is 5.87. The third kappa shape index (κ3) is 6.43. The van der Waals surface area contributed by atoms with Gasteiger partial charge in [0.2, 0.25) is 0 Å². The highest BCUT2D eigenvalue weighted by Crippen LogP contribution is 2.39. The first-order valence-corrected chi connectivity index (χ1v) is 11.5. The Morgan fingerprint density at radius 1 is 1.09 bits per heavy atom. The number of alkyl halides is 3. The zero-order valence-corrected chi connectivity index (χ0v) is 20.9. The molecule has 1 aliphatic rings. The van der Waals surface area contributed by atoms with Gasteiger partial charge < -0.3 is 19.4 Å². The quantitative estimate of drug-likeness (QED) is 0.431. The number of halogens is 4. The predicted octanol–water partition coefficient (Wildman–Crippen LogP) is 6.41. The van der Waals surface area contributed by atoms with Crippen LogP contribution in [-0.4, -0.2) is 31.0 Å². The molecule has 0 aromatic heterocycles. The Kier molecular flexibility index (Phi) is 7.84. The molecule has 34 heavy (non-hydrogen) atoms. The van der Waals surface area contributed by atoms with Crippen LogP contribution in [0.1, 0.15) is 44.4 Å². The molecular weight excluding hydrogens is 514 g/mol. The number of hydrogen-bond donors (Lipinski definition) is 1. The SMILES string of the molecule is CC1(C)OB(C(=Cc2ccc(C(F)(F)F)cc2Br)CNC(=O)OCc2ccccc2)OC1(C)C. The summed E-state index contributed by atoms with van der Waals surface area (Å²) in [5.74, 6) is 0. The van der Waals surface area contributed by atoms with Gasteiger partial charge in [-0.25, -0.2) is 4.79 Å². The minimum Gasteiger partial charge on any atom is -0.445 e. The summed E-state index contributed by atoms with van der Waals surface area (Å²) >= 11 is 3.21. The topological polar surface area (TPSA) is 56.8 Å². The van der Waals surface area contributed by atoms with E-state index in [4.69, 9.17) is 14.0 Å². The third-order valence-corrected chi connectivity index (χ3v) is 6.56. The van der Waals surface area contributed by atoms with E-state index in [-0.39, 0.29) is 17.6 Å². The first kappa shape index (κ1) is 26.3. The Labute approximate surface area is 205 Å². The molecule has 1 N–H and O–H groups in total. The highest BCUT2D eigenvalue weighted by Gasteiger charge is 2.52. The van der Waals surface area contributed by atoms with Crippen molar-refractivity contribution < 1.29 is 32.0 Å². The van der Waals surface area contributed by atoms with Crippen molar-refractivity contribution >= 4 is 35.2 Å². The van der Waals surface area contributed by atoms with Gasteiger partial charge in [0.1, 0.15) is 6.61 Å². The van der Waals surface area contributed by atoms with Crippen LogP contribution < -0.4 is 5.32 Å². The van der Waals surface area contributed by atoms with Crippen LogP contribution in [0.3, 0.4) is 0 Å². The number of amides is 1. The Hall–Kier alpha value is -2.30. The summed E-state index contributed by atoms with van der Waals surface area (Å²) in [6, 6.07) is 12.6. The second-order valence-electron chi connectivity index (χ2n) is 8.96. The summed E-state index contributed by atoms with van der Waals surface area (Å²) < 4.78 is 56.8. The lowest BCUT2D eigenvalue weighted by molar-refractivity contribution is -0.137. The number of rotatable bonds is 6. The van der Waals surface area contributed by atoms with Crippen molar-refractivity contribution in [1.29, 1.82) is 0 Å². The molecule has 0 atom stereocenters. The fourth-order valence-corrected chi connectivity index (χ4v) is 3.66. The van der Waals surface area contributed by atoms with Crippen molar-refractivity contribution in [2.75, 3.05) is 6.54 Å². The molecule has 182 valence electrons. The van der Waals surface area contributed by atoms with Crippen LogP contribution in [0.4, 0.5) is 18.0 Å². The van der Waals surface area contributed by atoms with Crippen molar-refractivity contribution in [1.82, 2.24) is 5.32 Å². The number of carbonyl (C=O) groups is 1. The van der Waals surface area contributed by atoms with Gasteiger partial charge in [-0.15, -0.1) is 0 Å². The number of benzene rings is 2. The van der Waals surface area contributed by atoms with Crippen LogP contribution in [0.25, 0.3) is 6.08 Å². The van der Waals surface area contributed by atoms with Crippen molar-refractivity contribution in [2.45, 2.75) is 51.7 Å². The average molecular weight is 540 g/mol. The zero-order valence-electron chi connectivity index (χ0n) is 19.3. The lowest BCUT2D eigenvalue weighted by atomic mass is 9.77. The van der Waals surface area contributed by atoms with Crippen molar-refractivity contribution in [3.05, 3.63) is 75.2 Å². The standard InChI is InChI=1S/C24H26BBrF3NO4/c1-22(2)23(3,4)34-25(33-22)19(12-17-10-11-18(13-20(17)26)24(27,28)29)14-30-21(31)32-15-16-8-6-5-7-9-16/h5-13H,14-15H2,1-4H3,(H,30,31). The highest BCUT2D eigenvalue weighted by molar-refractivity contribution is 9.10. The van der Waals surface area contributed by atoms with E-state index in [9.17, 15) is 18.0 Å². The van der Waals surface area contributed by atoms with Gasteiger partial charge in [-0.1, -0.05) is 58.4 Å². The maximum Gasteiger partial charge on any atom is 0.492 e. The summed E-state index contributed by atoms with van der Waals surface area (Å²) in [5.41, 5.74) is -0.193. The fourth-order valence-electron chi connectivity index (χ4n) is 3.17. The molecular formula is C24H26BBrF3NO4. The molecule has 5 nitrogen and oxygen atoms in total. The molecule has 0 saturated carbocycles. The van der Waals surface area contributed by atoms with E-state index in [1.807, 2.05) is 58.0 Å². The van der Waals surface area contributed by atoms with Gasteiger partial charge in [0, 0.05) is 11.0 Å². The molecule has 1 fully saturated rings. The van der Waals surface area contributed by atoms with Gasteiger partial charge in [0.25, 0.3) is 0 Å². The van der Waals surface area contributed by atoms with E-state index in [1.54, 1.807) is 6.08 Å². The lowest BCUT2D eigenvalue weighted by Crippen LogP contribution is -2.41. The molecule has 1 saturated heterocycles. The van der Waals surface area contributed by atoms with Gasteiger partial charge in [-0.05, 0) is 56.4 Å². The second-order valence-corrected chi connectivity index (χ2v) is 9.81. The Morgan fingerprint density at radius 3 is 2.26 bits per heavy atom. The minimum atomic E-state index is -4.45. The average Bonchev–Trinajstić information content (AvgIpc) is 2.97. The van der Waals surface area contributed by atoms with Crippen LogP contribution >= 0.6 is 15.9 Å². The molecule has 1 heterocycles. The molecule has 2 aromatic rings. The van der Waals surface area contributed by atoms with E-state index < -0.39 is 36.2 Å². The van der Waals surface area contributed by atoms with Crippen LogP contribution in [-0.2, 0) is 26.8 Å². The van der Waals surface area contributed by atoms with Crippen LogP contribution in [0.15, 0.2) is 58.5 Å². The first-order chi connectivity index (χ1) is 15.8. The van der Waals surface area contributed by atoms with Crippen molar-refractivity contribution in [3.8, 4) is 0 Å². The van der Waals surface area contributed by atoms with Crippen molar-refractivity contribution in [2.24, 2.45) is 0 Å². The summed E-state index contributed by atoms with van der Waals surface area (Å²) in [4.78, 5) is 12.3. The first-order valence-electron chi connectivity index (χ1n) is 10.7. The summed E-state index contributed by atoms with van der Waals surface area (Å²) in [7, 11) is -0.811. The van der Waals surface area contributed by atoms with E-state index >= 15 is 0 Å². The number of hydrogen-bond acceptors (Lipinski definition) is 4. The monoisotopic (exact) mass is 539 g/mol. The van der Waals surface area contributed by atoms with Crippen LogP contribution in [0.2, 0.25) is 0 Å². The summed E-state index contributed by atoms with van der Waals surface area (Å²) in [5, 5.41) is 2.68. The fraction of sp³-hybridized carbons (Fsp3) is 0.375. The van der Waals surface area contributed by atoms with Gasteiger partial charge in [-0.2, -0.15) is 13.2 Å². The van der Waals surface area contributed by atoms with E-state index in [1.165, 1.54) is 6.07 Å². The molecule has 1 amide bonds. The molecule has 0 bridgehead atoms. The Bertz CT molecular complexity index is 1040. The van der Waals surface area contributed by atoms with Gasteiger partial charge >= 0.3 is 19.4 Å². The molecule has 10 heteroatoms. The normalized spacial score (nSPS) is 17.5. The molecule has 3 rings (SSSR count). The van der Waals surface area contributed by atoms with Crippen LogP contribution in [0, 0.1) is 0 Å². The largest absolute Gasteiger partial charge is 0.492 e. The number of carbonyl (C=O) groups excluding carboxylic acids is 1.